The third-order valence-corrected chi connectivity index (χ3v) is 4.38. The molecule has 0 bridgehead atoms. The number of aromatic nitrogens is 3. The Labute approximate surface area is 135 Å². The van der Waals surface area contributed by atoms with Gasteiger partial charge in [0, 0.05) is 17.9 Å². The smallest absolute Gasteiger partial charge is 0.166 e. The third-order valence-electron chi connectivity index (χ3n) is 4.38. The summed E-state index contributed by atoms with van der Waals surface area (Å²) in [6.07, 6.45) is 2.54. The molecule has 2 heterocycles. The van der Waals surface area contributed by atoms with Crippen molar-refractivity contribution in [2.24, 2.45) is 5.92 Å². The lowest BCUT2D eigenvalue weighted by Gasteiger charge is -2.30. The van der Waals surface area contributed by atoms with Crippen LogP contribution in [0.5, 0.6) is 5.75 Å². The molecular weight excluding hydrogens is 292 g/mol. The highest BCUT2D eigenvalue weighted by Crippen LogP contribution is 2.23. The lowest BCUT2D eigenvalue weighted by Crippen LogP contribution is -2.36. The number of nitrogens with one attached hydrogen (secondary N) is 1. The molecule has 2 aromatic rings. The molecule has 6 nitrogen and oxygen atoms in total. The van der Waals surface area contributed by atoms with Gasteiger partial charge in [0.15, 0.2) is 5.78 Å². The molecule has 1 aromatic heterocycles. The zero-order valence-corrected chi connectivity index (χ0v) is 13.3. The number of carbonyl (C=O) groups is 1. The number of phenolic OH excluding ortho intramolecular Hbond substituents is 1. The van der Waals surface area contributed by atoms with Crippen LogP contribution in [0.4, 0.5) is 0 Å². The van der Waals surface area contributed by atoms with E-state index in [0.29, 0.717) is 5.56 Å². The molecule has 1 saturated heterocycles. The van der Waals surface area contributed by atoms with E-state index in [1.165, 1.54) is 0 Å². The number of aromatic hydroxyl groups is 1. The zero-order valence-electron chi connectivity index (χ0n) is 13.3. The molecule has 0 atom stereocenters. The maximum atomic E-state index is 12.5. The van der Waals surface area contributed by atoms with Crippen molar-refractivity contribution in [1.29, 1.82) is 0 Å². The number of ketones is 1. The minimum atomic E-state index is 0.0664. The number of hydrogen-bond acceptors (Lipinski definition) is 5. The molecule has 3 rings (SSSR count). The second-order valence-corrected chi connectivity index (χ2v) is 6.01. The highest BCUT2D eigenvalue weighted by molar-refractivity contribution is 5.98. The van der Waals surface area contributed by atoms with E-state index in [0.717, 1.165) is 50.5 Å². The molecule has 2 N–H and O–H groups in total. The maximum Gasteiger partial charge on any atom is 0.166 e. The summed E-state index contributed by atoms with van der Waals surface area (Å²) in [6.45, 7) is 4.56. The predicted molar refractivity (Wildman–Crippen MR) is 86.2 cm³/mol. The number of Topliss-reactive ketones (excluding diaryl/α,β-unsaturated/α-hetero) is 1. The fraction of sp³-hybridized carbons (Fsp3) is 0.471. The molecule has 122 valence electrons. The van der Waals surface area contributed by atoms with Gasteiger partial charge in [0.2, 0.25) is 0 Å². The Balaban J connectivity index is 1.53. The summed E-state index contributed by atoms with van der Waals surface area (Å²) in [7, 11) is 0. The van der Waals surface area contributed by atoms with Crippen LogP contribution in [-0.2, 0) is 13.0 Å². The van der Waals surface area contributed by atoms with Crippen molar-refractivity contribution < 1.29 is 9.90 Å². The van der Waals surface area contributed by atoms with Crippen LogP contribution in [-0.4, -0.2) is 44.1 Å². The average molecular weight is 314 g/mol. The van der Waals surface area contributed by atoms with Crippen molar-refractivity contribution in [3.05, 3.63) is 41.5 Å². The van der Waals surface area contributed by atoms with Crippen LogP contribution in [0.1, 0.15) is 41.8 Å². The van der Waals surface area contributed by atoms with Crippen LogP contribution in [0.2, 0.25) is 0 Å². The Morgan fingerprint density at radius 3 is 2.61 bits per heavy atom. The molecule has 0 spiro atoms. The van der Waals surface area contributed by atoms with Crippen LogP contribution in [0, 0.1) is 5.92 Å². The minimum absolute atomic E-state index is 0.0664. The molecule has 23 heavy (non-hydrogen) atoms. The number of aromatic amines is 1. The Bertz CT molecular complexity index is 657. The van der Waals surface area contributed by atoms with Crippen molar-refractivity contribution >= 4 is 5.78 Å². The van der Waals surface area contributed by atoms with E-state index >= 15 is 0 Å². The van der Waals surface area contributed by atoms with Crippen LogP contribution in [0.25, 0.3) is 0 Å². The molecule has 1 aliphatic rings. The summed E-state index contributed by atoms with van der Waals surface area (Å²) in [5.74, 6) is 2.17. The Morgan fingerprint density at radius 1 is 1.30 bits per heavy atom. The van der Waals surface area contributed by atoms with Gasteiger partial charge >= 0.3 is 0 Å². The normalized spacial score (nSPS) is 16.6. The van der Waals surface area contributed by atoms with Gasteiger partial charge in [-0.1, -0.05) is 6.92 Å². The van der Waals surface area contributed by atoms with E-state index in [2.05, 4.69) is 20.1 Å². The summed E-state index contributed by atoms with van der Waals surface area (Å²) in [4.78, 5) is 19.2. The molecule has 0 amide bonds. The summed E-state index contributed by atoms with van der Waals surface area (Å²) in [5.41, 5.74) is 0.684. The van der Waals surface area contributed by atoms with E-state index in [1.54, 1.807) is 24.3 Å². The molecule has 1 aromatic carbocycles. The van der Waals surface area contributed by atoms with Gasteiger partial charge < -0.3 is 5.11 Å². The van der Waals surface area contributed by atoms with Crippen molar-refractivity contribution in [2.75, 3.05) is 13.1 Å². The number of nitrogens with zero attached hydrogens (tertiary/aromatic N) is 3. The standard InChI is InChI=1S/C17H22N4O2/c1-2-15-18-16(20-19-15)11-21-9-7-13(8-10-21)17(23)12-3-5-14(22)6-4-12/h3-6,13,22H,2,7-11H2,1H3,(H,18,19,20). The number of H-pyrrole nitrogens is 1. The van der Waals surface area contributed by atoms with Crippen molar-refractivity contribution in [3.63, 3.8) is 0 Å². The minimum Gasteiger partial charge on any atom is -0.508 e. The zero-order chi connectivity index (χ0) is 16.2. The lowest BCUT2D eigenvalue weighted by atomic mass is 9.89. The maximum absolute atomic E-state index is 12.5. The van der Waals surface area contributed by atoms with Gasteiger partial charge in [0.1, 0.15) is 17.4 Å². The first-order valence-corrected chi connectivity index (χ1v) is 8.11. The Hall–Kier alpha value is -2.21. The number of rotatable bonds is 5. The first kappa shape index (κ1) is 15.7. The summed E-state index contributed by atoms with van der Waals surface area (Å²) < 4.78 is 0. The Kier molecular flexibility index (Phi) is 4.71. The number of piperidine rings is 1. The van der Waals surface area contributed by atoms with Crippen molar-refractivity contribution in [3.8, 4) is 5.75 Å². The molecule has 1 fully saturated rings. The van der Waals surface area contributed by atoms with Crippen molar-refractivity contribution in [2.45, 2.75) is 32.7 Å². The summed E-state index contributed by atoms with van der Waals surface area (Å²) >= 11 is 0. The number of carbonyl (C=O) groups excluding carboxylic acids is 1. The second-order valence-electron chi connectivity index (χ2n) is 6.01. The number of aryl methyl sites for hydroxylation is 1. The molecule has 6 heteroatoms. The molecule has 0 unspecified atom stereocenters. The van der Waals surface area contributed by atoms with Gasteiger partial charge in [-0.15, -0.1) is 0 Å². The number of benzene rings is 1. The fourth-order valence-electron chi connectivity index (χ4n) is 2.99. The average Bonchev–Trinajstić information content (AvgIpc) is 3.03. The van der Waals surface area contributed by atoms with E-state index in [1.807, 2.05) is 6.92 Å². The van der Waals surface area contributed by atoms with Gasteiger partial charge in [0.25, 0.3) is 0 Å². The topological polar surface area (TPSA) is 82.1 Å². The quantitative estimate of drug-likeness (QED) is 0.827. The monoisotopic (exact) mass is 314 g/mol. The van der Waals surface area contributed by atoms with Gasteiger partial charge in [-0.05, 0) is 50.2 Å². The van der Waals surface area contributed by atoms with Crippen LogP contribution >= 0.6 is 0 Å². The van der Waals surface area contributed by atoms with Gasteiger partial charge in [-0.3, -0.25) is 14.8 Å². The van der Waals surface area contributed by atoms with Crippen LogP contribution < -0.4 is 0 Å². The van der Waals surface area contributed by atoms with E-state index in [9.17, 15) is 9.90 Å². The first-order chi connectivity index (χ1) is 11.2. The van der Waals surface area contributed by atoms with E-state index < -0.39 is 0 Å². The molecule has 0 aliphatic carbocycles. The lowest BCUT2D eigenvalue weighted by molar-refractivity contribution is 0.0833. The van der Waals surface area contributed by atoms with E-state index in [4.69, 9.17) is 0 Å². The van der Waals surface area contributed by atoms with Crippen LogP contribution in [0.3, 0.4) is 0 Å². The SMILES string of the molecule is CCc1n[nH]c(CN2CCC(C(=O)c3ccc(O)cc3)CC2)n1. The Morgan fingerprint density at radius 2 is 2.00 bits per heavy atom. The first-order valence-electron chi connectivity index (χ1n) is 8.11. The fourth-order valence-corrected chi connectivity index (χ4v) is 2.99. The van der Waals surface area contributed by atoms with E-state index in [-0.39, 0.29) is 17.5 Å². The second kappa shape index (κ2) is 6.91. The number of hydrogen-bond donors (Lipinski definition) is 2. The largest absolute Gasteiger partial charge is 0.508 e. The molecule has 0 saturated carbocycles. The van der Waals surface area contributed by atoms with Gasteiger partial charge in [0.05, 0.1) is 6.54 Å². The van der Waals surface area contributed by atoms with Gasteiger partial charge in [-0.25, -0.2) is 4.98 Å². The summed E-state index contributed by atoms with van der Waals surface area (Å²) in [6, 6.07) is 6.53. The molecule has 0 radical (unpaired) electrons. The van der Waals surface area contributed by atoms with Crippen LogP contribution in [0.15, 0.2) is 24.3 Å². The van der Waals surface area contributed by atoms with Crippen molar-refractivity contribution in [1.82, 2.24) is 20.1 Å². The highest BCUT2D eigenvalue weighted by atomic mass is 16.3. The molecular formula is C17H22N4O2. The summed E-state index contributed by atoms with van der Waals surface area (Å²) in [5, 5.41) is 16.4. The number of likely N-dealkylation sites (tertiary alicyclic amines) is 1. The predicted octanol–water partition coefficient (Wildman–Crippen LogP) is 2.17. The third kappa shape index (κ3) is 3.76. The number of phenols is 1. The van der Waals surface area contributed by atoms with Gasteiger partial charge in [-0.2, -0.15) is 5.10 Å². The molecule has 1 aliphatic heterocycles. The highest BCUT2D eigenvalue weighted by Gasteiger charge is 2.26.